The molecule has 0 radical (unpaired) electrons. The predicted octanol–water partition coefficient (Wildman–Crippen LogP) is 3.29. The van der Waals surface area contributed by atoms with Gasteiger partial charge in [-0.2, -0.15) is 0 Å². The third kappa shape index (κ3) is 4.39. The molecular formula is C14H15NO3S3. The maximum atomic E-state index is 12.3. The summed E-state index contributed by atoms with van der Waals surface area (Å²) in [6.45, 7) is 2.60. The van der Waals surface area contributed by atoms with Crippen LogP contribution in [0.5, 0.6) is 0 Å². The van der Waals surface area contributed by atoms with Crippen molar-refractivity contribution in [3.63, 3.8) is 0 Å². The van der Waals surface area contributed by atoms with E-state index >= 15 is 0 Å². The number of hydrogen-bond donors (Lipinski definition) is 0. The Morgan fingerprint density at radius 3 is 3.00 bits per heavy atom. The molecule has 1 aromatic heterocycles. The summed E-state index contributed by atoms with van der Waals surface area (Å²) < 4.78 is 5.41. The summed E-state index contributed by atoms with van der Waals surface area (Å²) in [6.07, 6.45) is 2.71. The van der Waals surface area contributed by atoms with Gasteiger partial charge in [-0.1, -0.05) is 30.0 Å². The van der Waals surface area contributed by atoms with E-state index in [4.69, 9.17) is 17.0 Å². The molecule has 0 spiro atoms. The molecule has 1 aliphatic heterocycles. The summed E-state index contributed by atoms with van der Waals surface area (Å²) >= 11 is 8.12. The number of carbonyl (C=O) groups excluding carboxylic acids is 2. The first-order valence-electron chi connectivity index (χ1n) is 6.56. The third-order valence-electron chi connectivity index (χ3n) is 2.76. The van der Waals surface area contributed by atoms with Gasteiger partial charge in [0.2, 0.25) is 0 Å². The van der Waals surface area contributed by atoms with E-state index in [1.165, 1.54) is 11.8 Å². The normalized spacial score (nSPS) is 16.8. The molecule has 1 saturated heterocycles. The number of amides is 1. The lowest BCUT2D eigenvalue weighted by atomic mass is 10.3. The van der Waals surface area contributed by atoms with E-state index in [1.54, 1.807) is 23.2 Å². The van der Waals surface area contributed by atoms with Crippen molar-refractivity contribution >= 4 is 57.6 Å². The molecule has 0 saturated carbocycles. The Bertz CT molecular complexity index is 566. The zero-order valence-electron chi connectivity index (χ0n) is 11.5. The minimum atomic E-state index is -0.239. The smallest absolute Gasteiger partial charge is 0.305 e. The van der Waals surface area contributed by atoms with Crippen LogP contribution in [0.2, 0.25) is 0 Å². The Morgan fingerprint density at radius 2 is 2.33 bits per heavy atom. The van der Waals surface area contributed by atoms with Crippen LogP contribution in [0, 0.1) is 0 Å². The van der Waals surface area contributed by atoms with Gasteiger partial charge in [-0.05, 0) is 30.9 Å². The monoisotopic (exact) mass is 341 g/mol. The zero-order valence-corrected chi connectivity index (χ0v) is 14.0. The van der Waals surface area contributed by atoms with Crippen LogP contribution in [-0.4, -0.2) is 34.2 Å². The summed E-state index contributed by atoms with van der Waals surface area (Å²) in [5.41, 5.74) is 0. The standard InChI is InChI=1S/C14H15NO3S3/c1-2-18-12(16)6-3-7-15-13(17)11(21-14(15)19)9-10-5-4-8-20-10/h4-5,8-9H,2-3,6-7H2,1H3. The van der Waals surface area contributed by atoms with Gasteiger partial charge in [-0.3, -0.25) is 14.5 Å². The largest absolute Gasteiger partial charge is 0.466 e. The van der Waals surface area contributed by atoms with Gasteiger partial charge in [0.25, 0.3) is 5.91 Å². The van der Waals surface area contributed by atoms with Crippen molar-refractivity contribution in [3.05, 3.63) is 27.3 Å². The summed E-state index contributed by atoms with van der Waals surface area (Å²) in [6, 6.07) is 3.90. The van der Waals surface area contributed by atoms with Gasteiger partial charge in [0, 0.05) is 17.8 Å². The number of thiocarbonyl (C=S) groups is 1. The van der Waals surface area contributed by atoms with Crippen LogP contribution in [0.15, 0.2) is 22.4 Å². The van der Waals surface area contributed by atoms with Crippen molar-refractivity contribution in [1.82, 2.24) is 4.90 Å². The van der Waals surface area contributed by atoms with E-state index < -0.39 is 0 Å². The number of thioether (sulfide) groups is 1. The zero-order chi connectivity index (χ0) is 15.2. The second-order valence-electron chi connectivity index (χ2n) is 4.26. The molecular weight excluding hydrogens is 326 g/mol. The molecule has 0 atom stereocenters. The Balaban J connectivity index is 1.91. The number of rotatable bonds is 6. The van der Waals surface area contributed by atoms with Gasteiger partial charge >= 0.3 is 5.97 Å². The first-order chi connectivity index (χ1) is 10.1. The summed E-state index contributed by atoms with van der Waals surface area (Å²) in [7, 11) is 0. The van der Waals surface area contributed by atoms with Crippen LogP contribution in [0.4, 0.5) is 0 Å². The van der Waals surface area contributed by atoms with Crippen LogP contribution < -0.4 is 0 Å². The highest BCUT2D eigenvalue weighted by Gasteiger charge is 2.31. The average Bonchev–Trinajstić information content (AvgIpc) is 3.03. The van der Waals surface area contributed by atoms with Gasteiger partial charge in [0.1, 0.15) is 4.32 Å². The number of thiophene rings is 1. The summed E-state index contributed by atoms with van der Waals surface area (Å²) in [5, 5.41) is 1.96. The second kappa shape index (κ2) is 7.72. The van der Waals surface area contributed by atoms with E-state index in [0.29, 0.717) is 35.2 Å². The summed E-state index contributed by atoms with van der Waals surface area (Å²) in [4.78, 5) is 26.8. The highest BCUT2D eigenvalue weighted by atomic mass is 32.2. The fourth-order valence-electron chi connectivity index (χ4n) is 1.81. The topological polar surface area (TPSA) is 46.6 Å². The van der Waals surface area contributed by atoms with Crippen molar-refractivity contribution in [1.29, 1.82) is 0 Å². The van der Waals surface area contributed by atoms with Gasteiger partial charge in [-0.25, -0.2) is 0 Å². The van der Waals surface area contributed by atoms with Gasteiger partial charge < -0.3 is 4.74 Å². The molecule has 4 nitrogen and oxygen atoms in total. The molecule has 21 heavy (non-hydrogen) atoms. The predicted molar refractivity (Wildman–Crippen MR) is 90.1 cm³/mol. The van der Waals surface area contributed by atoms with Crippen LogP contribution >= 0.6 is 35.3 Å². The maximum Gasteiger partial charge on any atom is 0.305 e. The van der Waals surface area contributed by atoms with Gasteiger partial charge in [0.15, 0.2) is 0 Å². The van der Waals surface area contributed by atoms with E-state index in [2.05, 4.69) is 0 Å². The molecule has 0 aliphatic carbocycles. The first kappa shape index (κ1) is 16.2. The number of nitrogens with zero attached hydrogens (tertiary/aromatic N) is 1. The highest BCUT2D eigenvalue weighted by molar-refractivity contribution is 8.26. The minimum Gasteiger partial charge on any atom is -0.466 e. The Morgan fingerprint density at radius 1 is 1.52 bits per heavy atom. The fraction of sp³-hybridized carbons (Fsp3) is 0.357. The van der Waals surface area contributed by atoms with Crippen molar-refractivity contribution in [3.8, 4) is 0 Å². The molecule has 0 unspecified atom stereocenters. The van der Waals surface area contributed by atoms with Crippen molar-refractivity contribution < 1.29 is 14.3 Å². The van der Waals surface area contributed by atoms with Crippen molar-refractivity contribution in [2.24, 2.45) is 0 Å². The highest BCUT2D eigenvalue weighted by Crippen LogP contribution is 2.33. The SMILES string of the molecule is CCOC(=O)CCCN1C(=O)C(=Cc2cccs2)SC1=S. The second-order valence-corrected chi connectivity index (χ2v) is 6.91. The van der Waals surface area contributed by atoms with Crippen LogP contribution in [0.1, 0.15) is 24.6 Å². The molecule has 0 aromatic carbocycles. The Labute approximate surface area is 137 Å². The molecule has 2 rings (SSSR count). The molecule has 1 fully saturated rings. The van der Waals surface area contributed by atoms with Gasteiger partial charge in [0.05, 0.1) is 11.5 Å². The molecule has 0 N–H and O–H groups in total. The lowest BCUT2D eigenvalue weighted by Gasteiger charge is -2.13. The number of esters is 1. The Kier molecular flexibility index (Phi) is 5.96. The molecule has 7 heteroatoms. The number of hydrogen-bond acceptors (Lipinski definition) is 6. The Hall–Kier alpha value is -1.18. The van der Waals surface area contributed by atoms with Crippen LogP contribution in [0.3, 0.4) is 0 Å². The van der Waals surface area contributed by atoms with Crippen molar-refractivity contribution in [2.45, 2.75) is 19.8 Å². The molecule has 2 heterocycles. The number of ether oxygens (including phenoxy) is 1. The molecule has 1 aromatic rings. The van der Waals surface area contributed by atoms with Crippen LogP contribution in [-0.2, 0) is 14.3 Å². The van der Waals surface area contributed by atoms with E-state index in [-0.39, 0.29) is 11.9 Å². The summed E-state index contributed by atoms with van der Waals surface area (Å²) in [5.74, 6) is -0.320. The lowest BCUT2D eigenvalue weighted by molar-refractivity contribution is -0.143. The number of carbonyl (C=O) groups is 2. The lowest BCUT2D eigenvalue weighted by Crippen LogP contribution is -2.29. The van der Waals surface area contributed by atoms with E-state index in [1.807, 2.05) is 23.6 Å². The molecule has 0 bridgehead atoms. The van der Waals surface area contributed by atoms with Gasteiger partial charge in [-0.15, -0.1) is 11.3 Å². The van der Waals surface area contributed by atoms with E-state index in [0.717, 1.165) is 4.88 Å². The molecule has 1 amide bonds. The third-order valence-corrected chi connectivity index (χ3v) is 4.96. The average molecular weight is 341 g/mol. The maximum absolute atomic E-state index is 12.3. The van der Waals surface area contributed by atoms with Crippen LogP contribution in [0.25, 0.3) is 6.08 Å². The minimum absolute atomic E-state index is 0.0812. The molecule has 1 aliphatic rings. The fourth-order valence-corrected chi connectivity index (χ4v) is 3.84. The van der Waals surface area contributed by atoms with E-state index in [9.17, 15) is 9.59 Å². The quantitative estimate of drug-likeness (QED) is 0.451. The van der Waals surface area contributed by atoms with Crippen molar-refractivity contribution in [2.75, 3.05) is 13.2 Å². The molecule has 112 valence electrons. The first-order valence-corrected chi connectivity index (χ1v) is 8.66.